The number of halogens is 3. The molecule has 1 N–H and O–H groups in total. The molecule has 1 aromatic rings. The summed E-state index contributed by atoms with van der Waals surface area (Å²) in [5.74, 6) is -0.734. The predicted molar refractivity (Wildman–Crippen MR) is 81.6 cm³/mol. The number of amides is 2. The highest BCUT2D eigenvalue weighted by atomic mass is 19.4. The number of anilines is 1. The number of ether oxygens (including phenoxy) is 1. The van der Waals surface area contributed by atoms with E-state index in [9.17, 15) is 22.8 Å². The summed E-state index contributed by atoms with van der Waals surface area (Å²) in [5.41, 5.74) is 0.274. The van der Waals surface area contributed by atoms with Crippen LogP contribution in [0.15, 0.2) is 12.1 Å². The van der Waals surface area contributed by atoms with Crippen LogP contribution in [0, 0.1) is 19.8 Å². The minimum Gasteiger partial charge on any atom is -0.469 e. The van der Waals surface area contributed by atoms with Gasteiger partial charge in [-0.15, -0.1) is 0 Å². The van der Waals surface area contributed by atoms with E-state index in [1.807, 2.05) is 0 Å². The van der Waals surface area contributed by atoms with E-state index < -0.39 is 17.8 Å². The normalized spacial score (nSPS) is 17.8. The van der Waals surface area contributed by atoms with Crippen molar-refractivity contribution < 1.29 is 27.5 Å². The van der Waals surface area contributed by atoms with Gasteiger partial charge in [0.25, 0.3) is 0 Å². The van der Waals surface area contributed by atoms with Crippen LogP contribution >= 0.6 is 0 Å². The molecule has 1 aromatic carbocycles. The lowest BCUT2D eigenvalue weighted by Crippen LogP contribution is -2.34. The Hall–Kier alpha value is -2.25. The highest BCUT2D eigenvalue weighted by Crippen LogP contribution is 2.34. The molecule has 0 saturated carbocycles. The fourth-order valence-electron chi connectivity index (χ4n) is 2.81. The number of carbonyl (C=O) groups excluding carboxylic acids is 2. The van der Waals surface area contributed by atoms with Gasteiger partial charge in [-0.2, -0.15) is 13.2 Å². The summed E-state index contributed by atoms with van der Waals surface area (Å²) in [6.07, 6.45) is -3.92. The molecule has 2 rings (SSSR count). The number of methoxy groups -OCH3 is 1. The van der Waals surface area contributed by atoms with Crippen molar-refractivity contribution in [2.45, 2.75) is 26.4 Å². The third-order valence-corrected chi connectivity index (χ3v) is 4.10. The number of likely N-dealkylation sites (tertiary alicyclic amines) is 1. The van der Waals surface area contributed by atoms with Crippen LogP contribution in [0.1, 0.15) is 23.1 Å². The van der Waals surface area contributed by atoms with Crippen LogP contribution in [0.2, 0.25) is 0 Å². The van der Waals surface area contributed by atoms with Crippen LogP contribution in [0.3, 0.4) is 0 Å². The largest absolute Gasteiger partial charge is 0.469 e. The Kier molecular flexibility index (Phi) is 5.05. The lowest BCUT2D eigenvalue weighted by Gasteiger charge is -2.20. The second-order valence-corrected chi connectivity index (χ2v) is 5.87. The van der Waals surface area contributed by atoms with Crippen molar-refractivity contribution in [2.75, 3.05) is 25.5 Å². The van der Waals surface area contributed by atoms with Crippen molar-refractivity contribution in [2.24, 2.45) is 5.92 Å². The summed E-state index contributed by atoms with van der Waals surface area (Å²) in [7, 11) is 1.29. The Balaban J connectivity index is 2.12. The minimum atomic E-state index is -4.43. The maximum atomic E-state index is 12.8. The molecular formula is C16H19F3N2O3. The highest BCUT2D eigenvalue weighted by molar-refractivity contribution is 5.91. The molecular weight excluding hydrogens is 325 g/mol. The molecule has 132 valence electrons. The summed E-state index contributed by atoms with van der Waals surface area (Å²) in [6, 6.07) is 1.57. The summed E-state index contributed by atoms with van der Waals surface area (Å²) in [6.45, 7) is 3.65. The third-order valence-electron chi connectivity index (χ3n) is 4.10. The van der Waals surface area contributed by atoms with E-state index in [2.05, 4.69) is 10.1 Å². The number of rotatable bonds is 2. The summed E-state index contributed by atoms with van der Waals surface area (Å²) < 4.78 is 43.1. The Bertz CT molecular complexity index is 635. The molecule has 0 bridgehead atoms. The third kappa shape index (κ3) is 3.80. The lowest BCUT2D eigenvalue weighted by atomic mass is 10.0. The number of alkyl halides is 3. The van der Waals surface area contributed by atoms with E-state index >= 15 is 0 Å². The maximum Gasteiger partial charge on any atom is 0.416 e. The predicted octanol–water partition coefficient (Wildman–Crippen LogP) is 3.35. The first-order chi connectivity index (χ1) is 11.1. The molecule has 1 saturated heterocycles. The first-order valence-electron chi connectivity index (χ1n) is 7.45. The average molecular weight is 344 g/mol. The van der Waals surface area contributed by atoms with Crippen LogP contribution < -0.4 is 5.32 Å². The summed E-state index contributed by atoms with van der Waals surface area (Å²) in [5, 5.41) is 2.64. The number of hydrogen-bond donors (Lipinski definition) is 1. The number of esters is 1. The molecule has 0 aromatic heterocycles. The van der Waals surface area contributed by atoms with Gasteiger partial charge in [-0.1, -0.05) is 0 Å². The standard InChI is InChI=1S/C16H19F3N2O3/c1-9-6-12(16(17,18)19)7-10(2)13(9)20-15(23)21-5-4-11(8-21)14(22)24-3/h6-7,11H,4-5,8H2,1-3H3,(H,20,23). The van der Waals surface area contributed by atoms with Gasteiger partial charge in [0.1, 0.15) is 0 Å². The maximum absolute atomic E-state index is 12.8. The fraction of sp³-hybridized carbons (Fsp3) is 0.500. The number of benzene rings is 1. The van der Waals surface area contributed by atoms with E-state index in [-0.39, 0.29) is 18.4 Å². The molecule has 1 unspecified atom stereocenters. The first-order valence-corrected chi connectivity index (χ1v) is 7.45. The lowest BCUT2D eigenvalue weighted by molar-refractivity contribution is -0.144. The van der Waals surface area contributed by atoms with Crippen LogP contribution in [0.4, 0.5) is 23.7 Å². The monoisotopic (exact) mass is 344 g/mol. The van der Waals surface area contributed by atoms with Gasteiger partial charge in [-0.25, -0.2) is 4.79 Å². The Morgan fingerprint density at radius 2 is 1.83 bits per heavy atom. The molecule has 1 aliphatic rings. The number of urea groups is 1. The van der Waals surface area contributed by atoms with Crippen molar-refractivity contribution in [1.29, 1.82) is 0 Å². The minimum absolute atomic E-state index is 0.233. The Morgan fingerprint density at radius 1 is 1.25 bits per heavy atom. The van der Waals surface area contributed by atoms with Crippen LogP contribution in [0.25, 0.3) is 0 Å². The molecule has 0 radical (unpaired) electrons. The molecule has 0 aliphatic carbocycles. The average Bonchev–Trinajstić information content (AvgIpc) is 2.98. The second kappa shape index (κ2) is 6.70. The highest BCUT2D eigenvalue weighted by Gasteiger charge is 2.33. The van der Waals surface area contributed by atoms with Crippen molar-refractivity contribution in [3.63, 3.8) is 0 Å². The number of aryl methyl sites for hydroxylation is 2. The molecule has 5 nitrogen and oxygen atoms in total. The van der Waals surface area contributed by atoms with E-state index in [1.54, 1.807) is 0 Å². The molecule has 2 amide bonds. The number of nitrogens with one attached hydrogen (secondary N) is 1. The van der Waals surface area contributed by atoms with E-state index in [0.29, 0.717) is 29.8 Å². The van der Waals surface area contributed by atoms with Gasteiger partial charge < -0.3 is 15.0 Å². The van der Waals surface area contributed by atoms with Crippen LogP contribution in [-0.2, 0) is 15.7 Å². The van der Waals surface area contributed by atoms with Gasteiger partial charge in [0.05, 0.1) is 18.6 Å². The van der Waals surface area contributed by atoms with Gasteiger partial charge in [0.2, 0.25) is 0 Å². The topological polar surface area (TPSA) is 58.6 Å². The molecule has 1 heterocycles. The van der Waals surface area contributed by atoms with Crippen molar-refractivity contribution in [3.8, 4) is 0 Å². The van der Waals surface area contributed by atoms with E-state index in [4.69, 9.17) is 0 Å². The smallest absolute Gasteiger partial charge is 0.416 e. The summed E-state index contributed by atoms with van der Waals surface area (Å²) in [4.78, 5) is 25.2. The van der Waals surface area contributed by atoms with Crippen molar-refractivity contribution in [3.05, 3.63) is 28.8 Å². The van der Waals surface area contributed by atoms with Crippen molar-refractivity contribution in [1.82, 2.24) is 4.90 Å². The van der Waals surface area contributed by atoms with Gasteiger partial charge >= 0.3 is 18.2 Å². The second-order valence-electron chi connectivity index (χ2n) is 5.87. The molecule has 1 atom stereocenters. The molecule has 1 fully saturated rings. The van der Waals surface area contributed by atoms with E-state index in [0.717, 1.165) is 12.1 Å². The number of carbonyl (C=O) groups is 2. The number of nitrogens with zero attached hydrogens (tertiary/aromatic N) is 1. The zero-order chi connectivity index (χ0) is 18.1. The van der Waals surface area contributed by atoms with E-state index in [1.165, 1.54) is 25.9 Å². The quantitative estimate of drug-likeness (QED) is 0.837. The molecule has 8 heteroatoms. The number of hydrogen-bond acceptors (Lipinski definition) is 3. The zero-order valence-electron chi connectivity index (χ0n) is 13.7. The Labute approximate surface area is 137 Å². The SMILES string of the molecule is COC(=O)C1CCN(C(=O)Nc2c(C)cc(C(F)(F)F)cc2C)C1. The van der Waals surface area contributed by atoms with Gasteiger partial charge in [-0.05, 0) is 43.5 Å². The van der Waals surface area contributed by atoms with Crippen LogP contribution in [-0.4, -0.2) is 37.1 Å². The van der Waals surface area contributed by atoms with Crippen LogP contribution in [0.5, 0.6) is 0 Å². The van der Waals surface area contributed by atoms with Gasteiger partial charge in [0, 0.05) is 18.8 Å². The zero-order valence-corrected chi connectivity index (χ0v) is 13.7. The molecule has 24 heavy (non-hydrogen) atoms. The Morgan fingerprint density at radius 3 is 2.33 bits per heavy atom. The van der Waals surface area contributed by atoms with Gasteiger partial charge in [-0.3, -0.25) is 4.79 Å². The molecule has 1 aliphatic heterocycles. The summed E-state index contributed by atoms with van der Waals surface area (Å²) >= 11 is 0. The first kappa shape index (κ1) is 18.1. The van der Waals surface area contributed by atoms with Gasteiger partial charge in [0.15, 0.2) is 0 Å². The van der Waals surface area contributed by atoms with Crippen molar-refractivity contribution >= 4 is 17.7 Å². The molecule has 0 spiro atoms. The fourth-order valence-corrected chi connectivity index (χ4v) is 2.81.